The molecule has 0 heterocycles. The molecule has 0 saturated carbocycles. The molecule has 0 aliphatic carbocycles. The van der Waals surface area contributed by atoms with Gasteiger partial charge >= 0.3 is 20.8 Å². The van der Waals surface area contributed by atoms with E-state index in [-0.39, 0.29) is 10.6 Å². The van der Waals surface area contributed by atoms with Gasteiger partial charge in [-0.3, -0.25) is 28.3 Å². The standard InChI is InChI=1S/C10H15N3O2.2H2O4S/c11-5-3-8-1-2-9(4-6-12)10(7-8)13(14)15;2*1-5(2,3)4/h1-2,7H,3-6,11-12H2;2*(H2,1,2,3,4). The number of nitrogens with zero attached hydrogens (tertiary/aromatic N) is 1. The lowest BCUT2D eigenvalue weighted by Crippen LogP contribution is -2.07. The van der Waals surface area contributed by atoms with Crippen LogP contribution in [0, 0.1) is 10.1 Å². The summed E-state index contributed by atoms with van der Waals surface area (Å²) in [6.07, 6.45) is 1.18. The van der Waals surface area contributed by atoms with Crippen LogP contribution in [0.25, 0.3) is 0 Å². The first kappa shape index (κ1) is 25.5. The van der Waals surface area contributed by atoms with E-state index < -0.39 is 20.8 Å². The summed E-state index contributed by atoms with van der Waals surface area (Å²) >= 11 is 0. The van der Waals surface area contributed by atoms with Gasteiger partial charge in [0.1, 0.15) is 0 Å². The van der Waals surface area contributed by atoms with Crippen molar-refractivity contribution >= 4 is 26.5 Å². The van der Waals surface area contributed by atoms with Gasteiger partial charge in [0.25, 0.3) is 5.69 Å². The summed E-state index contributed by atoms with van der Waals surface area (Å²) in [5.41, 5.74) is 12.5. The number of benzene rings is 1. The molecule has 15 heteroatoms. The third-order valence-corrected chi connectivity index (χ3v) is 2.19. The van der Waals surface area contributed by atoms with E-state index in [1.807, 2.05) is 6.07 Å². The molecule has 0 spiro atoms. The van der Waals surface area contributed by atoms with Crippen molar-refractivity contribution in [3.63, 3.8) is 0 Å². The Labute approximate surface area is 143 Å². The van der Waals surface area contributed by atoms with Crippen LogP contribution in [-0.4, -0.2) is 53.1 Å². The van der Waals surface area contributed by atoms with E-state index in [2.05, 4.69) is 0 Å². The zero-order valence-corrected chi connectivity index (χ0v) is 14.4. The molecule has 25 heavy (non-hydrogen) atoms. The molecule has 1 aromatic rings. The molecule has 0 fully saturated rings. The van der Waals surface area contributed by atoms with E-state index in [0.29, 0.717) is 31.5 Å². The number of nitro groups is 1. The summed E-state index contributed by atoms with van der Waals surface area (Å²) in [7, 11) is -9.33. The van der Waals surface area contributed by atoms with Crippen LogP contribution in [-0.2, 0) is 33.6 Å². The maximum Gasteiger partial charge on any atom is 0.394 e. The molecule has 0 radical (unpaired) electrons. The van der Waals surface area contributed by atoms with Crippen molar-refractivity contribution in [3.05, 3.63) is 39.4 Å². The minimum Gasteiger partial charge on any atom is -0.330 e. The Balaban J connectivity index is 0. The molecule has 13 nitrogen and oxygen atoms in total. The van der Waals surface area contributed by atoms with Crippen LogP contribution >= 0.6 is 0 Å². The summed E-state index contributed by atoms with van der Waals surface area (Å²) in [4.78, 5) is 10.4. The van der Waals surface area contributed by atoms with Gasteiger partial charge in [-0.05, 0) is 31.5 Å². The first-order valence-corrected chi connectivity index (χ1v) is 9.04. The van der Waals surface area contributed by atoms with Gasteiger partial charge in [-0.1, -0.05) is 12.1 Å². The van der Waals surface area contributed by atoms with E-state index in [1.165, 1.54) is 0 Å². The van der Waals surface area contributed by atoms with E-state index in [1.54, 1.807) is 12.1 Å². The van der Waals surface area contributed by atoms with E-state index in [4.69, 9.17) is 46.5 Å². The fourth-order valence-corrected chi connectivity index (χ4v) is 1.47. The third kappa shape index (κ3) is 20.2. The van der Waals surface area contributed by atoms with Crippen LogP contribution in [0.2, 0.25) is 0 Å². The third-order valence-electron chi connectivity index (χ3n) is 2.19. The number of hydrogen-bond donors (Lipinski definition) is 6. The predicted molar refractivity (Wildman–Crippen MR) is 87.0 cm³/mol. The molecule has 0 bridgehead atoms. The van der Waals surface area contributed by atoms with Gasteiger partial charge < -0.3 is 11.5 Å². The summed E-state index contributed by atoms with van der Waals surface area (Å²) in [5, 5.41) is 10.8. The second-order valence-corrected chi connectivity index (χ2v) is 5.98. The highest BCUT2D eigenvalue weighted by molar-refractivity contribution is 7.80. The minimum absolute atomic E-state index is 0.145. The van der Waals surface area contributed by atoms with Gasteiger partial charge in [0.2, 0.25) is 0 Å². The maximum atomic E-state index is 10.8. The van der Waals surface area contributed by atoms with Crippen molar-refractivity contribution in [2.45, 2.75) is 12.8 Å². The molecule has 146 valence electrons. The Bertz CT molecular complexity index is 702. The van der Waals surface area contributed by atoms with Crippen molar-refractivity contribution in [2.24, 2.45) is 11.5 Å². The van der Waals surface area contributed by atoms with Gasteiger partial charge in [0.15, 0.2) is 0 Å². The normalized spacial score (nSPS) is 10.8. The largest absolute Gasteiger partial charge is 0.394 e. The van der Waals surface area contributed by atoms with Gasteiger partial charge in [-0.2, -0.15) is 16.8 Å². The molecule has 8 N–H and O–H groups in total. The first-order valence-electron chi connectivity index (χ1n) is 6.25. The Kier molecular flexibility index (Phi) is 12.0. The van der Waals surface area contributed by atoms with E-state index >= 15 is 0 Å². The summed E-state index contributed by atoms with van der Waals surface area (Å²) in [5.74, 6) is 0. The highest BCUT2D eigenvalue weighted by Crippen LogP contribution is 2.20. The van der Waals surface area contributed by atoms with Crippen LogP contribution in [0.4, 0.5) is 5.69 Å². The monoisotopic (exact) mass is 405 g/mol. The molecule has 0 unspecified atom stereocenters. The molecule has 0 atom stereocenters. The summed E-state index contributed by atoms with van der Waals surface area (Å²) in [6, 6.07) is 5.21. The number of nitrogens with two attached hydrogens (primary N) is 2. The average molecular weight is 405 g/mol. The lowest BCUT2D eigenvalue weighted by molar-refractivity contribution is -0.385. The molecule has 1 rings (SSSR count). The molecule has 0 aromatic heterocycles. The first-order chi connectivity index (χ1) is 11.2. The molecule has 1 aromatic carbocycles. The second-order valence-electron chi connectivity index (χ2n) is 4.19. The smallest absolute Gasteiger partial charge is 0.330 e. The Morgan fingerprint density at radius 1 is 0.920 bits per heavy atom. The quantitative estimate of drug-likeness (QED) is 0.202. The highest BCUT2D eigenvalue weighted by atomic mass is 32.3. The lowest BCUT2D eigenvalue weighted by Gasteiger charge is -2.04. The Morgan fingerprint density at radius 3 is 1.64 bits per heavy atom. The number of hydrogen-bond acceptors (Lipinski definition) is 8. The van der Waals surface area contributed by atoms with Crippen LogP contribution in [0.5, 0.6) is 0 Å². The topological polar surface area (TPSA) is 244 Å². The van der Waals surface area contributed by atoms with Crippen LogP contribution in [0.1, 0.15) is 11.1 Å². The maximum absolute atomic E-state index is 10.8. The zero-order valence-electron chi connectivity index (χ0n) is 12.7. The molecule has 0 saturated heterocycles. The van der Waals surface area contributed by atoms with Crippen LogP contribution in [0.3, 0.4) is 0 Å². The van der Waals surface area contributed by atoms with Gasteiger partial charge in [-0.15, -0.1) is 0 Å². The number of rotatable bonds is 5. The van der Waals surface area contributed by atoms with Crippen molar-refractivity contribution in [3.8, 4) is 0 Å². The average Bonchev–Trinajstić information content (AvgIpc) is 2.37. The summed E-state index contributed by atoms with van der Waals surface area (Å²) < 4.78 is 63.2. The molecule has 0 amide bonds. The van der Waals surface area contributed by atoms with Crippen molar-refractivity contribution in [1.82, 2.24) is 0 Å². The summed E-state index contributed by atoms with van der Waals surface area (Å²) in [6.45, 7) is 0.907. The molecule has 0 aliphatic rings. The van der Waals surface area contributed by atoms with Crippen LogP contribution < -0.4 is 11.5 Å². The fraction of sp³-hybridized carbons (Fsp3) is 0.400. The highest BCUT2D eigenvalue weighted by Gasteiger charge is 2.13. The second kappa shape index (κ2) is 11.8. The van der Waals surface area contributed by atoms with Crippen LogP contribution in [0.15, 0.2) is 18.2 Å². The van der Waals surface area contributed by atoms with E-state index in [0.717, 1.165) is 5.56 Å². The Morgan fingerprint density at radius 2 is 1.32 bits per heavy atom. The molecule has 0 aliphatic heterocycles. The van der Waals surface area contributed by atoms with Gasteiger partial charge in [0, 0.05) is 11.6 Å². The SMILES string of the molecule is NCCc1ccc(CCN)c([N+](=O)[O-])c1.O=S(=O)(O)O.O=S(=O)(O)O. The Hall–Kier alpha value is -1.72. The van der Waals surface area contributed by atoms with Crippen molar-refractivity contribution in [1.29, 1.82) is 0 Å². The lowest BCUT2D eigenvalue weighted by atomic mass is 10.0. The predicted octanol–water partition coefficient (Wildman–Crippen LogP) is -0.708. The van der Waals surface area contributed by atoms with Crippen molar-refractivity contribution in [2.75, 3.05) is 13.1 Å². The van der Waals surface area contributed by atoms with Gasteiger partial charge in [-0.25, -0.2) is 0 Å². The van der Waals surface area contributed by atoms with Crippen molar-refractivity contribution < 1.29 is 40.0 Å². The molecular weight excluding hydrogens is 386 g/mol. The minimum atomic E-state index is -4.67. The number of nitro benzene ring substituents is 1. The van der Waals surface area contributed by atoms with E-state index in [9.17, 15) is 10.1 Å². The van der Waals surface area contributed by atoms with Gasteiger partial charge in [0.05, 0.1) is 4.92 Å². The fourth-order valence-electron chi connectivity index (χ4n) is 1.47. The zero-order chi connectivity index (χ0) is 20.3. The molecular formula is C10H19N3O10S2.